The topological polar surface area (TPSA) is 25.8 Å². The molecule has 2 aromatic heterocycles. The van der Waals surface area contributed by atoms with Gasteiger partial charge in [-0.1, -0.05) is 60.3 Å². The van der Waals surface area contributed by atoms with Crippen molar-refractivity contribution in [3.8, 4) is 11.3 Å². The van der Waals surface area contributed by atoms with E-state index in [1.165, 1.54) is 25.7 Å². The van der Waals surface area contributed by atoms with Crippen molar-refractivity contribution in [2.45, 2.75) is 16.2 Å². The van der Waals surface area contributed by atoms with Crippen LogP contribution in [0.3, 0.4) is 0 Å². The highest BCUT2D eigenvalue weighted by Gasteiger charge is 2.35. The summed E-state index contributed by atoms with van der Waals surface area (Å²) in [5.74, 6) is 0.303. The maximum absolute atomic E-state index is 6.30. The van der Waals surface area contributed by atoms with Gasteiger partial charge in [-0.3, -0.25) is 0 Å². The van der Waals surface area contributed by atoms with E-state index in [1.807, 2.05) is 11.3 Å². The SMILES string of the molecule is Clc1nc2c(c(-c3ccc4sc5ccccc5c4c3)n1)C1C=CC=CC1S2. The number of rotatable bonds is 1. The Morgan fingerprint density at radius 2 is 1.74 bits per heavy atom. The van der Waals surface area contributed by atoms with Crippen LogP contribution in [0.1, 0.15) is 11.5 Å². The van der Waals surface area contributed by atoms with Crippen LogP contribution < -0.4 is 0 Å². The minimum absolute atomic E-state index is 0.303. The molecular formula is C22H13ClN2S2. The van der Waals surface area contributed by atoms with Crippen LogP contribution in [-0.4, -0.2) is 15.2 Å². The molecule has 0 fully saturated rings. The number of allylic oxidation sites excluding steroid dienone is 3. The van der Waals surface area contributed by atoms with Crippen molar-refractivity contribution in [1.29, 1.82) is 0 Å². The third-order valence-corrected chi connectivity index (χ3v) is 7.78. The Kier molecular flexibility index (Phi) is 3.49. The highest BCUT2D eigenvalue weighted by Crippen LogP contribution is 2.50. The zero-order valence-electron chi connectivity index (χ0n) is 14.1. The summed E-state index contributed by atoms with van der Waals surface area (Å²) in [5.41, 5.74) is 3.27. The second-order valence-electron chi connectivity index (χ2n) is 6.75. The molecule has 0 saturated carbocycles. The van der Waals surface area contributed by atoms with Gasteiger partial charge in [0.15, 0.2) is 0 Å². The van der Waals surface area contributed by atoms with Gasteiger partial charge in [-0.05, 0) is 29.8 Å². The lowest BCUT2D eigenvalue weighted by Crippen LogP contribution is -2.08. The average molecular weight is 405 g/mol. The molecule has 0 bridgehead atoms. The molecule has 6 rings (SSSR count). The second-order valence-corrected chi connectivity index (χ2v) is 9.34. The molecule has 3 heterocycles. The van der Waals surface area contributed by atoms with Crippen LogP contribution >= 0.6 is 34.7 Å². The summed E-state index contributed by atoms with van der Waals surface area (Å²) >= 11 is 9.91. The lowest BCUT2D eigenvalue weighted by Gasteiger charge is -2.16. The molecule has 2 aliphatic rings. The summed E-state index contributed by atoms with van der Waals surface area (Å²) in [4.78, 5) is 9.18. The van der Waals surface area contributed by atoms with Crippen LogP contribution in [0.5, 0.6) is 0 Å². The highest BCUT2D eigenvalue weighted by molar-refractivity contribution is 8.00. The van der Waals surface area contributed by atoms with Gasteiger partial charge in [0.05, 0.1) is 5.69 Å². The first-order valence-electron chi connectivity index (χ1n) is 8.79. The van der Waals surface area contributed by atoms with Crippen molar-refractivity contribution in [2.24, 2.45) is 0 Å². The molecule has 0 saturated heterocycles. The minimum atomic E-state index is 0.303. The Bertz CT molecular complexity index is 1290. The minimum Gasteiger partial charge on any atom is -0.218 e. The Morgan fingerprint density at radius 3 is 2.70 bits per heavy atom. The normalized spacial score (nSPS) is 20.3. The van der Waals surface area contributed by atoms with E-state index in [9.17, 15) is 0 Å². The molecule has 0 amide bonds. The molecule has 0 spiro atoms. The van der Waals surface area contributed by atoms with Gasteiger partial charge in [-0.2, -0.15) is 0 Å². The number of halogens is 1. The zero-order valence-corrected chi connectivity index (χ0v) is 16.5. The van der Waals surface area contributed by atoms with E-state index < -0.39 is 0 Å². The van der Waals surface area contributed by atoms with Crippen LogP contribution in [0.15, 0.2) is 71.8 Å². The molecule has 1 aliphatic heterocycles. The van der Waals surface area contributed by atoms with Crippen molar-refractivity contribution in [2.75, 3.05) is 0 Å². The highest BCUT2D eigenvalue weighted by atomic mass is 35.5. The molecule has 2 aromatic carbocycles. The number of hydrogen-bond donors (Lipinski definition) is 0. The van der Waals surface area contributed by atoms with Gasteiger partial charge in [0.1, 0.15) is 5.03 Å². The fourth-order valence-corrected chi connectivity index (χ4v) is 6.60. The van der Waals surface area contributed by atoms with E-state index in [4.69, 9.17) is 11.6 Å². The molecule has 27 heavy (non-hydrogen) atoms. The van der Waals surface area contributed by atoms with E-state index >= 15 is 0 Å². The van der Waals surface area contributed by atoms with Crippen molar-refractivity contribution < 1.29 is 0 Å². The molecule has 0 N–H and O–H groups in total. The molecule has 0 radical (unpaired) electrons. The Hall–Kier alpha value is -2.14. The van der Waals surface area contributed by atoms with Crippen LogP contribution in [0.25, 0.3) is 31.4 Å². The molecule has 2 nitrogen and oxygen atoms in total. The van der Waals surface area contributed by atoms with Crippen molar-refractivity contribution in [1.82, 2.24) is 9.97 Å². The van der Waals surface area contributed by atoms with E-state index in [1.54, 1.807) is 11.8 Å². The number of nitrogens with zero attached hydrogens (tertiary/aromatic N) is 2. The summed E-state index contributed by atoms with van der Waals surface area (Å²) in [7, 11) is 0. The number of thiophene rings is 1. The molecule has 5 heteroatoms. The standard InChI is InChI=1S/C22H13ClN2S2/c23-22-24-20(19-14-6-2-4-8-17(14)27-21(19)25-22)12-9-10-18-15(11-12)13-5-1-3-7-16(13)26-18/h1-11,14,17H. The van der Waals surface area contributed by atoms with Crippen LogP contribution in [0.2, 0.25) is 5.28 Å². The summed E-state index contributed by atoms with van der Waals surface area (Å²) in [6.45, 7) is 0. The molecular weight excluding hydrogens is 392 g/mol. The van der Waals surface area contributed by atoms with E-state index in [0.717, 1.165) is 16.3 Å². The third-order valence-electron chi connectivity index (χ3n) is 5.20. The van der Waals surface area contributed by atoms with Gasteiger partial charge in [0.2, 0.25) is 5.28 Å². The van der Waals surface area contributed by atoms with Gasteiger partial charge in [0.25, 0.3) is 0 Å². The van der Waals surface area contributed by atoms with Crippen LogP contribution in [-0.2, 0) is 0 Å². The number of thioether (sulfide) groups is 1. The predicted octanol–water partition coefficient (Wildman–Crippen LogP) is 6.85. The maximum Gasteiger partial charge on any atom is 0.224 e. The summed E-state index contributed by atoms with van der Waals surface area (Å²) in [5, 5.41) is 4.27. The second kappa shape index (κ2) is 5.93. The molecule has 130 valence electrons. The van der Waals surface area contributed by atoms with Crippen molar-refractivity contribution in [3.05, 3.63) is 77.6 Å². The van der Waals surface area contributed by atoms with Crippen LogP contribution in [0.4, 0.5) is 0 Å². The summed E-state index contributed by atoms with van der Waals surface area (Å²) < 4.78 is 2.61. The van der Waals surface area contributed by atoms with Gasteiger partial charge in [0, 0.05) is 42.5 Å². The fraction of sp³-hybridized carbons (Fsp3) is 0.0909. The number of aromatic nitrogens is 2. The fourth-order valence-electron chi connectivity index (χ4n) is 4.00. The lowest BCUT2D eigenvalue weighted by atomic mass is 9.90. The summed E-state index contributed by atoms with van der Waals surface area (Å²) in [6, 6.07) is 15.2. The number of fused-ring (bicyclic) bond motifs is 6. The largest absolute Gasteiger partial charge is 0.224 e. The Morgan fingerprint density at radius 1 is 0.889 bits per heavy atom. The Labute approximate surface area is 169 Å². The van der Waals surface area contributed by atoms with Gasteiger partial charge < -0.3 is 0 Å². The zero-order chi connectivity index (χ0) is 18.0. The predicted molar refractivity (Wildman–Crippen MR) is 116 cm³/mol. The van der Waals surface area contributed by atoms with Gasteiger partial charge >= 0.3 is 0 Å². The van der Waals surface area contributed by atoms with Crippen molar-refractivity contribution in [3.63, 3.8) is 0 Å². The quantitative estimate of drug-likeness (QED) is 0.256. The van der Waals surface area contributed by atoms with E-state index in [-0.39, 0.29) is 0 Å². The average Bonchev–Trinajstić information content (AvgIpc) is 3.24. The smallest absolute Gasteiger partial charge is 0.218 e. The van der Waals surface area contributed by atoms with Gasteiger partial charge in [-0.15, -0.1) is 11.3 Å². The third kappa shape index (κ3) is 2.40. The first-order valence-corrected chi connectivity index (χ1v) is 10.9. The van der Waals surface area contributed by atoms with Crippen molar-refractivity contribution >= 4 is 54.9 Å². The number of hydrogen-bond acceptors (Lipinski definition) is 4. The van der Waals surface area contributed by atoms with Crippen LogP contribution in [0, 0.1) is 0 Å². The van der Waals surface area contributed by atoms with E-state index in [2.05, 4.69) is 76.7 Å². The number of benzene rings is 2. The molecule has 1 aliphatic carbocycles. The first-order chi connectivity index (χ1) is 13.3. The molecule has 2 unspecified atom stereocenters. The Balaban J connectivity index is 1.61. The van der Waals surface area contributed by atoms with E-state index in [0.29, 0.717) is 16.5 Å². The maximum atomic E-state index is 6.30. The monoisotopic (exact) mass is 404 g/mol. The summed E-state index contributed by atoms with van der Waals surface area (Å²) in [6.07, 6.45) is 8.72. The molecule has 4 aromatic rings. The van der Waals surface area contributed by atoms with Gasteiger partial charge in [-0.25, -0.2) is 9.97 Å². The first kappa shape index (κ1) is 15.9. The molecule has 2 atom stereocenters. The lowest BCUT2D eigenvalue weighted by molar-refractivity contribution is 0.854.